The van der Waals surface area contributed by atoms with E-state index in [1.165, 1.54) is 35.9 Å². The highest BCUT2D eigenvalue weighted by molar-refractivity contribution is 5.74. The Morgan fingerprint density at radius 3 is 1.67 bits per heavy atom. The fraction of sp³-hybridized carbons (Fsp3) is 0.103. The molecule has 4 aromatic carbocycles. The number of rotatable bonds is 7. The summed E-state index contributed by atoms with van der Waals surface area (Å²) >= 11 is 0. The third-order valence-corrected chi connectivity index (χ3v) is 5.68. The Kier molecular flexibility index (Phi) is 6.74. The maximum absolute atomic E-state index is 14.9. The monoisotopic (exact) mass is 446 g/mol. The van der Waals surface area contributed by atoms with Gasteiger partial charge in [0.25, 0.3) is 0 Å². The average molecular weight is 446 g/mol. The number of allylic oxidation sites excluding steroid dienone is 1. The second-order valence-electron chi connectivity index (χ2n) is 7.85. The highest BCUT2D eigenvalue weighted by Gasteiger charge is 2.13. The number of hydrogen-bond donors (Lipinski definition) is 0. The zero-order valence-corrected chi connectivity index (χ0v) is 17.9. The predicted octanol–water partition coefficient (Wildman–Crippen LogP) is 8.69. The third kappa shape index (κ3) is 4.90. The van der Waals surface area contributed by atoms with E-state index < -0.39 is 24.1 Å². The van der Waals surface area contributed by atoms with Crippen molar-refractivity contribution in [3.8, 4) is 33.4 Å². The van der Waals surface area contributed by atoms with Crippen molar-refractivity contribution in [3.63, 3.8) is 0 Å². The van der Waals surface area contributed by atoms with Gasteiger partial charge in [0.05, 0.1) is 0 Å². The van der Waals surface area contributed by atoms with Crippen LogP contribution in [0.15, 0.2) is 91.5 Å². The Hall–Kier alpha value is -3.66. The lowest BCUT2D eigenvalue weighted by atomic mass is 9.96. The normalized spacial score (nSPS) is 10.9. The van der Waals surface area contributed by atoms with Gasteiger partial charge in [-0.2, -0.15) is 0 Å². The van der Waals surface area contributed by atoms with Gasteiger partial charge < -0.3 is 0 Å². The Morgan fingerprint density at radius 2 is 1.12 bits per heavy atom. The molecule has 0 heterocycles. The van der Waals surface area contributed by atoms with E-state index >= 15 is 0 Å². The van der Waals surface area contributed by atoms with E-state index in [0.717, 1.165) is 30.0 Å². The van der Waals surface area contributed by atoms with Gasteiger partial charge in [0, 0.05) is 16.7 Å². The van der Waals surface area contributed by atoms with Crippen LogP contribution in [0, 0.1) is 17.5 Å². The van der Waals surface area contributed by atoms with E-state index in [1.54, 1.807) is 18.2 Å². The fourth-order valence-electron chi connectivity index (χ4n) is 3.80. The molecule has 0 atom stereocenters. The minimum Gasteiger partial charge on any atom is -0.246 e. The summed E-state index contributed by atoms with van der Waals surface area (Å²) < 4.78 is 56.4. The van der Waals surface area contributed by atoms with Crippen LogP contribution in [-0.4, -0.2) is 0 Å². The van der Waals surface area contributed by atoms with Gasteiger partial charge in [-0.15, -0.1) is 6.58 Å². The van der Waals surface area contributed by atoms with E-state index in [9.17, 15) is 17.6 Å². The smallest absolute Gasteiger partial charge is 0.131 e. The molecule has 0 N–H and O–H groups in total. The SMILES string of the molecule is C=CCCc1ccc(-c2ccc(-c3ccc(-c4ccc(CF)c(F)c4)c(F)c3)c(F)c2)cc1. The van der Waals surface area contributed by atoms with Crippen molar-refractivity contribution in [2.75, 3.05) is 0 Å². The molecule has 0 saturated heterocycles. The standard InChI is InChI=1S/C29H22F4/c1-2-3-4-19-5-7-20(8-6-19)21-11-13-25(28(32)15-21)23-12-14-26(29(33)17-23)22-9-10-24(18-30)27(31)16-22/h2,5-17H,1,3-4,18H2. The quantitative estimate of drug-likeness (QED) is 0.197. The highest BCUT2D eigenvalue weighted by atomic mass is 19.1. The van der Waals surface area contributed by atoms with E-state index in [1.807, 2.05) is 30.3 Å². The van der Waals surface area contributed by atoms with Crippen LogP contribution >= 0.6 is 0 Å². The summed E-state index contributed by atoms with van der Waals surface area (Å²) in [6, 6.07) is 21.0. The number of alkyl halides is 1. The molecule has 0 amide bonds. The molecule has 4 rings (SSSR count). The molecule has 0 bridgehead atoms. The van der Waals surface area contributed by atoms with E-state index in [-0.39, 0.29) is 16.7 Å². The number of hydrogen-bond acceptors (Lipinski definition) is 0. The number of halogens is 4. The molecular formula is C29H22F4. The second kappa shape index (κ2) is 9.86. The lowest BCUT2D eigenvalue weighted by molar-refractivity contribution is 0.464. The highest BCUT2D eigenvalue weighted by Crippen LogP contribution is 2.32. The summed E-state index contributed by atoms with van der Waals surface area (Å²) in [5.74, 6) is -1.80. The molecule has 166 valence electrons. The molecule has 0 saturated carbocycles. The van der Waals surface area contributed by atoms with Gasteiger partial charge in [0.2, 0.25) is 0 Å². The first kappa shape index (κ1) is 22.5. The van der Waals surface area contributed by atoms with Gasteiger partial charge in [-0.25, -0.2) is 17.6 Å². The number of benzene rings is 4. The lowest BCUT2D eigenvalue weighted by Gasteiger charge is -2.10. The van der Waals surface area contributed by atoms with Crippen LogP contribution in [0.25, 0.3) is 33.4 Å². The third-order valence-electron chi connectivity index (χ3n) is 5.68. The molecule has 0 radical (unpaired) electrons. The van der Waals surface area contributed by atoms with Crippen molar-refractivity contribution in [1.82, 2.24) is 0 Å². The maximum atomic E-state index is 14.9. The molecule has 0 aliphatic heterocycles. The summed E-state index contributed by atoms with van der Waals surface area (Å²) in [4.78, 5) is 0. The zero-order chi connectivity index (χ0) is 23.4. The molecule has 4 aromatic rings. The molecule has 0 unspecified atom stereocenters. The summed E-state index contributed by atoms with van der Waals surface area (Å²) in [5, 5.41) is 0. The minimum atomic E-state index is -0.928. The van der Waals surface area contributed by atoms with E-state index in [4.69, 9.17) is 0 Å². The minimum absolute atomic E-state index is 0.0793. The van der Waals surface area contributed by atoms with Crippen molar-refractivity contribution in [3.05, 3.63) is 120 Å². The topological polar surface area (TPSA) is 0 Å². The molecule has 4 heteroatoms. The zero-order valence-electron chi connectivity index (χ0n) is 17.9. The van der Waals surface area contributed by atoms with Crippen LogP contribution in [0.3, 0.4) is 0 Å². The molecule has 33 heavy (non-hydrogen) atoms. The van der Waals surface area contributed by atoms with Crippen LogP contribution in [0.4, 0.5) is 17.6 Å². The fourth-order valence-corrected chi connectivity index (χ4v) is 3.80. The summed E-state index contributed by atoms with van der Waals surface area (Å²) in [5.41, 5.74) is 3.83. The Labute approximate surface area is 190 Å². The Morgan fingerprint density at radius 1 is 0.606 bits per heavy atom. The molecule has 0 aliphatic rings. The molecule has 0 aromatic heterocycles. The lowest BCUT2D eigenvalue weighted by Crippen LogP contribution is -1.92. The second-order valence-corrected chi connectivity index (χ2v) is 7.85. The molecule has 0 fully saturated rings. The molecular weight excluding hydrogens is 424 g/mol. The largest absolute Gasteiger partial charge is 0.246 e. The van der Waals surface area contributed by atoms with Crippen molar-refractivity contribution in [1.29, 1.82) is 0 Å². The molecule has 0 nitrogen and oxygen atoms in total. The first-order chi connectivity index (χ1) is 16.0. The van der Waals surface area contributed by atoms with Gasteiger partial charge in [-0.3, -0.25) is 0 Å². The van der Waals surface area contributed by atoms with Crippen LogP contribution in [0.2, 0.25) is 0 Å². The molecule has 0 spiro atoms. The van der Waals surface area contributed by atoms with Gasteiger partial charge in [-0.05, 0) is 58.9 Å². The predicted molar refractivity (Wildman–Crippen MR) is 126 cm³/mol. The van der Waals surface area contributed by atoms with Crippen molar-refractivity contribution in [2.45, 2.75) is 19.5 Å². The van der Waals surface area contributed by atoms with Gasteiger partial charge >= 0.3 is 0 Å². The van der Waals surface area contributed by atoms with Gasteiger partial charge in [0.15, 0.2) is 0 Å². The van der Waals surface area contributed by atoms with Crippen LogP contribution in [-0.2, 0) is 13.1 Å². The average Bonchev–Trinajstić information content (AvgIpc) is 2.83. The van der Waals surface area contributed by atoms with E-state index in [0.29, 0.717) is 11.1 Å². The summed E-state index contributed by atoms with van der Waals surface area (Å²) in [7, 11) is 0. The van der Waals surface area contributed by atoms with Crippen molar-refractivity contribution in [2.24, 2.45) is 0 Å². The summed E-state index contributed by atoms with van der Waals surface area (Å²) in [6.45, 7) is 2.80. The first-order valence-corrected chi connectivity index (χ1v) is 10.6. The number of aryl methyl sites for hydroxylation is 1. The Balaban J connectivity index is 1.60. The van der Waals surface area contributed by atoms with Crippen molar-refractivity contribution >= 4 is 0 Å². The van der Waals surface area contributed by atoms with Crippen molar-refractivity contribution < 1.29 is 17.6 Å². The maximum Gasteiger partial charge on any atom is 0.131 e. The Bertz CT molecular complexity index is 1290. The van der Waals surface area contributed by atoms with Crippen LogP contribution < -0.4 is 0 Å². The van der Waals surface area contributed by atoms with E-state index in [2.05, 4.69) is 6.58 Å². The molecule has 0 aliphatic carbocycles. The summed E-state index contributed by atoms with van der Waals surface area (Å²) in [6.07, 6.45) is 3.68. The first-order valence-electron chi connectivity index (χ1n) is 10.6. The van der Waals surface area contributed by atoms with Crippen LogP contribution in [0.1, 0.15) is 17.5 Å². The van der Waals surface area contributed by atoms with Gasteiger partial charge in [-0.1, -0.05) is 66.7 Å². The van der Waals surface area contributed by atoms with Crippen LogP contribution in [0.5, 0.6) is 0 Å². The van der Waals surface area contributed by atoms with Gasteiger partial charge in [0.1, 0.15) is 24.1 Å².